The van der Waals surface area contributed by atoms with E-state index in [1.165, 1.54) is 30.5 Å². The summed E-state index contributed by atoms with van der Waals surface area (Å²) in [6, 6.07) is 16.4. The number of aromatic nitrogens is 1. The number of hydrogen-bond acceptors (Lipinski definition) is 2. The van der Waals surface area contributed by atoms with Crippen molar-refractivity contribution >= 4 is 23.7 Å². The molecule has 3 rings (SSSR count). The number of rotatable bonds is 4. The minimum Gasteiger partial charge on any atom is -0.316 e. The van der Waals surface area contributed by atoms with Gasteiger partial charge in [-0.05, 0) is 60.7 Å². The lowest BCUT2D eigenvalue weighted by Crippen LogP contribution is -2.17. The van der Waals surface area contributed by atoms with Crippen molar-refractivity contribution in [2.75, 3.05) is 0 Å². The number of hydrazone groups is 1. The largest absolute Gasteiger partial charge is 0.316 e. The molecule has 0 bridgehead atoms. The first-order valence-corrected chi connectivity index (χ1v) is 7.53. The number of amides is 1. The average Bonchev–Trinajstić information content (AvgIpc) is 3.04. The molecule has 24 heavy (non-hydrogen) atoms. The van der Waals surface area contributed by atoms with Gasteiger partial charge >= 0.3 is 0 Å². The SMILES string of the molecule is O=C(NN=Cc1cccn1-c1ccc(Cl)cc1)c1ccc(F)cc1. The van der Waals surface area contributed by atoms with Gasteiger partial charge in [0.1, 0.15) is 5.82 Å². The molecule has 6 heteroatoms. The Hall–Kier alpha value is -2.92. The Balaban J connectivity index is 1.71. The zero-order chi connectivity index (χ0) is 16.9. The monoisotopic (exact) mass is 341 g/mol. The van der Waals surface area contributed by atoms with Crippen molar-refractivity contribution in [3.05, 3.63) is 89.0 Å². The van der Waals surface area contributed by atoms with E-state index in [0.717, 1.165) is 11.4 Å². The van der Waals surface area contributed by atoms with Gasteiger partial charge in [0.15, 0.2) is 0 Å². The van der Waals surface area contributed by atoms with Gasteiger partial charge in [-0.25, -0.2) is 9.82 Å². The van der Waals surface area contributed by atoms with Crippen LogP contribution >= 0.6 is 11.6 Å². The van der Waals surface area contributed by atoms with Gasteiger partial charge in [-0.15, -0.1) is 0 Å². The van der Waals surface area contributed by atoms with Gasteiger partial charge in [0.25, 0.3) is 5.91 Å². The highest BCUT2D eigenvalue weighted by Crippen LogP contribution is 2.15. The third-order valence-electron chi connectivity index (χ3n) is 3.35. The van der Waals surface area contributed by atoms with Crippen LogP contribution in [0.1, 0.15) is 16.1 Å². The van der Waals surface area contributed by atoms with E-state index < -0.39 is 11.7 Å². The third kappa shape index (κ3) is 3.70. The van der Waals surface area contributed by atoms with Crippen LogP contribution in [0.2, 0.25) is 5.02 Å². The van der Waals surface area contributed by atoms with Crippen LogP contribution in [-0.2, 0) is 0 Å². The molecule has 0 saturated heterocycles. The van der Waals surface area contributed by atoms with E-state index >= 15 is 0 Å². The fourth-order valence-corrected chi connectivity index (χ4v) is 2.28. The number of hydrogen-bond donors (Lipinski definition) is 1. The van der Waals surface area contributed by atoms with Crippen molar-refractivity contribution in [2.45, 2.75) is 0 Å². The maximum absolute atomic E-state index is 12.8. The summed E-state index contributed by atoms with van der Waals surface area (Å²) >= 11 is 5.89. The number of carbonyl (C=O) groups excluding carboxylic acids is 1. The van der Waals surface area contributed by atoms with Crippen LogP contribution in [0.3, 0.4) is 0 Å². The molecule has 1 amide bonds. The Morgan fingerprint density at radius 2 is 1.79 bits per heavy atom. The van der Waals surface area contributed by atoms with Gasteiger partial charge in [0, 0.05) is 22.5 Å². The average molecular weight is 342 g/mol. The fourth-order valence-electron chi connectivity index (χ4n) is 2.16. The number of halogens is 2. The van der Waals surface area contributed by atoms with E-state index in [-0.39, 0.29) is 0 Å². The molecule has 0 unspecified atom stereocenters. The Kier molecular flexibility index (Phi) is 4.72. The van der Waals surface area contributed by atoms with Crippen LogP contribution in [0, 0.1) is 5.82 Å². The Bertz CT molecular complexity index is 870. The van der Waals surface area contributed by atoms with Crippen molar-refractivity contribution in [3.63, 3.8) is 0 Å². The van der Waals surface area contributed by atoms with E-state index in [1.807, 2.05) is 35.0 Å². The highest BCUT2D eigenvalue weighted by molar-refractivity contribution is 6.30. The number of nitrogens with one attached hydrogen (secondary N) is 1. The summed E-state index contributed by atoms with van der Waals surface area (Å²) in [6.45, 7) is 0. The van der Waals surface area contributed by atoms with Gasteiger partial charge in [-0.1, -0.05) is 11.6 Å². The molecule has 1 heterocycles. The maximum atomic E-state index is 12.8. The first-order valence-electron chi connectivity index (χ1n) is 7.16. The first-order chi connectivity index (χ1) is 11.6. The van der Waals surface area contributed by atoms with Crippen molar-refractivity contribution in [1.29, 1.82) is 0 Å². The second kappa shape index (κ2) is 7.10. The van der Waals surface area contributed by atoms with Gasteiger partial charge in [-0.2, -0.15) is 5.10 Å². The minimum absolute atomic E-state index is 0.335. The summed E-state index contributed by atoms with van der Waals surface area (Å²) in [5.74, 6) is -0.799. The highest BCUT2D eigenvalue weighted by atomic mass is 35.5. The molecule has 1 aromatic heterocycles. The Morgan fingerprint density at radius 1 is 1.08 bits per heavy atom. The second-order valence-corrected chi connectivity index (χ2v) is 5.42. The zero-order valence-corrected chi connectivity index (χ0v) is 13.2. The molecule has 0 aliphatic carbocycles. The van der Waals surface area contributed by atoms with Crippen molar-refractivity contribution < 1.29 is 9.18 Å². The molecule has 0 atom stereocenters. The molecule has 3 aromatic rings. The Morgan fingerprint density at radius 3 is 2.50 bits per heavy atom. The maximum Gasteiger partial charge on any atom is 0.271 e. The molecule has 0 fully saturated rings. The summed E-state index contributed by atoms with van der Waals surface area (Å²) in [5.41, 5.74) is 4.47. The molecule has 120 valence electrons. The highest BCUT2D eigenvalue weighted by Gasteiger charge is 2.04. The third-order valence-corrected chi connectivity index (χ3v) is 3.61. The smallest absolute Gasteiger partial charge is 0.271 e. The van der Waals surface area contributed by atoms with Crippen LogP contribution in [0.15, 0.2) is 72.0 Å². The molecule has 0 aliphatic heterocycles. The topological polar surface area (TPSA) is 46.4 Å². The molecule has 0 spiro atoms. The van der Waals surface area contributed by atoms with E-state index in [1.54, 1.807) is 12.1 Å². The molecule has 0 radical (unpaired) electrons. The lowest BCUT2D eigenvalue weighted by atomic mass is 10.2. The van der Waals surface area contributed by atoms with Crippen LogP contribution in [0.4, 0.5) is 4.39 Å². The van der Waals surface area contributed by atoms with E-state index in [2.05, 4.69) is 10.5 Å². The molecular formula is C18H13ClFN3O. The van der Waals surface area contributed by atoms with Crippen molar-refractivity contribution in [2.24, 2.45) is 5.10 Å². The molecule has 0 saturated carbocycles. The first kappa shape index (κ1) is 16.0. The number of carbonyl (C=O) groups is 1. The van der Waals surface area contributed by atoms with E-state index in [0.29, 0.717) is 10.6 Å². The minimum atomic E-state index is -0.407. The predicted molar refractivity (Wildman–Crippen MR) is 92.2 cm³/mol. The zero-order valence-electron chi connectivity index (χ0n) is 12.5. The molecule has 1 N–H and O–H groups in total. The summed E-state index contributed by atoms with van der Waals surface area (Å²) in [7, 11) is 0. The van der Waals surface area contributed by atoms with Gasteiger partial charge in [0.2, 0.25) is 0 Å². The van der Waals surface area contributed by atoms with Crippen molar-refractivity contribution in [1.82, 2.24) is 9.99 Å². The van der Waals surface area contributed by atoms with Crippen LogP contribution < -0.4 is 5.43 Å². The summed E-state index contributed by atoms with van der Waals surface area (Å²) in [6.07, 6.45) is 3.42. The molecule has 4 nitrogen and oxygen atoms in total. The fraction of sp³-hybridized carbons (Fsp3) is 0. The van der Waals surface area contributed by atoms with Crippen LogP contribution in [0.25, 0.3) is 5.69 Å². The quantitative estimate of drug-likeness (QED) is 0.565. The summed E-state index contributed by atoms with van der Waals surface area (Å²) in [4.78, 5) is 11.9. The van der Waals surface area contributed by atoms with Gasteiger partial charge in [-0.3, -0.25) is 4.79 Å². The van der Waals surface area contributed by atoms with Crippen LogP contribution in [-0.4, -0.2) is 16.7 Å². The predicted octanol–water partition coefficient (Wildman–Crippen LogP) is 4.03. The lowest BCUT2D eigenvalue weighted by molar-refractivity contribution is 0.0955. The lowest BCUT2D eigenvalue weighted by Gasteiger charge is -2.06. The number of nitrogens with zero attached hydrogens (tertiary/aromatic N) is 2. The van der Waals surface area contributed by atoms with Gasteiger partial charge < -0.3 is 4.57 Å². The van der Waals surface area contributed by atoms with Crippen molar-refractivity contribution in [3.8, 4) is 5.69 Å². The molecule has 0 aliphatic rings. The normalized spacial score (nSPS) is 10.9. The number of benzene rings is 2. The summed E-state index contributed by atoms with van der Waals surface area (Å²) in [5, 5.41) is 4.61. The van der Waals surface area contributed by atoms with Crippen LogP contribution in [0.5, 0.6) is 0 Å². The standard InChI is InChI=1S/C18H13ClFN3O/c19-14-5-9-16(10-6-14)23-11-1-2-17(23)12-21-22-18(24)13-3-7-15(20)8-4-13/h1-12H,(H,22,24). The molecule has 2 aromatic carbocycles. The second-order valence-electron chi connectivity index (χ2n) is 4.99. The molecular weight excluding hydrogens is 329 g/mol. The van der Waals surface area contributed by atoms with E-state index in [4.69, 9.17) is 11.6 Å². The Labute approximate surface area is 143 Å². The summed E-state index contributed by atoms with van der Waals surface area (Å²) < 4.78 is 14.8. The van der Waals surface area contributed by atoms with E-state index in [9.17, 15) is 9.18 Å². The van der Waals surface area contributed by atoms with Gasteiger partial charge in [0.05, 0.1) is 11.9 Å².